The molecule has 2 heteroatoms. The van der Waals surface area contributed by atoms with Crippen LogP contribution in [0.2, 0.25) is 0 Å². The molecule has 0 spiro atoms. The van der Waals surface area contributed by atoms with E-state index in [0.29, 0.717) is 0 Å². The van der Waals surface area contributed by atoms with Crippen molar-refractivity contribution in [1.29, 1.82) is 0 Å². The first-order valence-electron chi connectivity index (χ1n) is 8.02. The second-order valence-electron chi connectivity index (χ2n) is 5.97. The number of thiophene rings is 1. The lowest BCUT2D eigenvalue weighted by molar-refractivity contribution is 0.476. The maximum absolute atomic E-state index is 5.59. The molecule has 0 N–H and O–H groups in total. The quantitative estimate of drug-likeness (QED) is 0.294. The zero-order chi connectivity index (χ0) is 16.7. The van der Waals surface area contributed by atoms with Crippen molar-refractivity contribution in [3.05, 3.63) is 84.6 Å². The molecule has 0 bridgehead atoms. The Hall–Kier alpha value is -2.58. The van der Waals surface area contributed by atoms with Gasteiger partial charge in [0.05, 0.1) is 6.26 Å². The van der Waals surface area contributed by atoms with Crippen molar-refractivity contribution < 1.29 is 4.74 Å². The molecule has 0 aliphatic heterocycles. The summed E-state index contributed by atoms with van der Waals surface area (Å²) in [6.45, 7) is 7.88. The van der Waals surface area contributed by atoms with Gasteiger partial charge in [-0.1, -0.05) is 30.8 Å². The highest BCUT2D eigenvalue weighted by atomic mass is 32.2. The minimum atomic E-state index is -0.0547. The Bertz CT molecular complexity index is 996. The lowest BCUT2D eigenvalue weighted by Crippen LogP contribution is -1.90. The molecule has 0 aliphatic carbocycles. The van der Waals surface area contributed by atoms with Crippen LogP contribution in [0, 0.1) is 13.8 Å². The number of fused-ring (bicyclic) bond motifs is 3. The monoisotopic (exact) mass is 331 g/mol. The third-order valence-electron chi connectivity index (χ3n) is 4.37. The summed E-state index contributed by atoms with van der Waals surface area (Å²) in [5.74, 6) is 0.915. The van der Waals surface area contributed by atoms with Crippen molar-refractivity contribution in [3.63, 3.8) is 0 Å². The smallest absolute Gasteiger partial charge is 0.187 e. The topological polar surface area (TPSA) is 9.23 Å². The minimum absolute atomic E-state index is 0.0547. The number of ether oxygens (including phenoxy) is 1. The van der Waals surface area contributed by atoms with Crippen LogP contribution in [0.3, 0.4) is 0 Å². The Morgan fingerprint density at radius 1 is 0.833 bits per heavy atom. The standard InChI is InChI=1S/C22H19OS/c1-4-23-22-15(2)13-17(14-16(22)3)24-20-11-7-5-9-18(20)19-10-6-8-12-21(19)24/h4-14H,1H2,2-3H3/q+1. The van der Waals surface area contributed by atoms with Gasteiger partial charge >= 0.3 is 0 Å². The molecule has 0 unspecified atom stereocenters. The van der Waals surface area contributed by atoms with E-state index in [2.05, 4.69) is 81.1 Å². The van der Waals surface area contributed by atoms with Gasteiger partial charge in [-0.2, -0.15) is 0 Å². The molecule has 1 heterocycles. The summed E-state index contributed by atoms with van der Waals surface area (Å²) in [4.78, 5) is 1.35. The number of benzene rings is 3. The van der Waals surface area contributed by atoms with Crippen LogP contribution < -0.4 is 4.74 Å². The second-order valence-corrected chi connectivity index (χ2v) is 7.93. The summed E-state index contributed by atoms with van der Waals surface area (Å²) < 4.78 is 8.41. The van der Waals surface area contributed by atoms with Gasteiger partial charge in [-0.25, -0.2) is 0 Å². The number of rotatable bonds is 3. The van der Waals surface area contributed by atoms with E-state index in [1.165, 1.54) is 31.3 Å². The Kier molecular flexibility index (Phi) is 3.62. The van der Waals surface area contributed by atoms with Crippen LogP contribution in [0.1, 0.15) is 11.1 Å². The SMILES string of the molecule is C=COc1c(C)cc(-[s+]2c3ccccc3c3ccccc32)cc1C. The molecule has 0 radical (unpaired) electrons. The van der Waals surface area contributed by atoms with Crippen molar-refractivity contribution in [1.82, 2.24) is 0 Å². The fraction of sp³-hybridized carbons (Fsp3) is 0.0909. The highest BCUT2D eigenvalue weighted by Crippen LogP contribution is 2.49. The molecule has 24 heavy (non-hydrogen) atoms. The van der Waals surface area contributed by atoms with Gasteiger partial charge in [-0.15, -0.1) is 0 Å². The summed E-state index contributed by atoms with van der Waals surface area (Å²) in [5, 5.41) is 2.72. The van der Waals surface area contributed by atoms with E-state index < -0.39 is 0 Å². The van der Waals surface area contributed by atoms with E-state index in [1.54, 1.807) is 0 Å². The molecule has 0 aliphatic rings. The normalized spacial score (nSPS) is 11.1. The van der Waals surface area contributed by atoms with Gasteiger partial charge in [-0.3, -0.25) is 0 Å². The zero-order valence-electron chi connectivity index (χ0n) is 13.9. The predicted octanol–water partition coefficient (Wildman–Crippen LogP) is 6.87. The molecule has 1 aromatic heterocycles. The lowest BCUT2D eigenvalue weighted by atomic mass is 10.1. The van der Waals surface area contributed by atoms with Crippen molar-refractivity contribution in [2.75, 3.05) is 0 Å². The van der Waals surface area contributed by atoms with Gasteiger partial charge in [0.25, 0.3) is 0 Å². The van der Waals surface area contributed by atoms with Crippen LogP contribution in [-0.4, -0.2) is 0 Å². The Balaban J connectivity index is 2.07. The fourth-order valence-electron chi connectivity index (χ4n) is 3.40. The highest BCUT2D eigenvalue weighted by Gasteiger charge is 2.24. The van der Waals surface area contributed by atoms with Gasteiger partial charge in [0, 0.05) is 33.4 Å². The molecule has 4 aromatic rings. The maximum Gasteiger partial charge on any atom is 0.187 e. The molecule has 0 saturated carbocycles. The van der Waals surface area contributed by atoms with Gasteiger partial charge < -0.3 is 4.74 Å². The molecule has 0 amide bonds. The third kappa shape index (κ3) is 2.22. The summed E-state index contributed by atoms with van der Waals surface area (Å²) >= 11 is 0. The largest absolute Gasteiger partial charge is 0.465 e. The molecule has 3 aromatic carbocycles. The molecule has 0 saturated heterocycles. The average Bonchev–Trinajstić information content (AvgIpc) is 2.92. The van der Waals surface area contributed by atoms with Gasteiger partial charge in [-0.05, 0) is 49.2 Å². The first-order chi connectivity index (χ1) is 11.7. The van der Waals surface area contributed by atoms with Crippen LogP contribution in [0.4, 0.5) is 0 Å². The summed E-state index contributed by atoms with van der Waals surface area (Å²) in [7, 11) is -0.0547. The minimum Gasteiger partial charge on any atom is -0.465 e. The van der Waals surface area contributed by atoms with E-state index in [-0.39, 0.29) is 10.5 Å². The zero-order valence-corrected chi connectivity index (χ0v) is 14.7. The van der Waals surface area contributed by atoms with Crippen LogP contribution in [-0.2, 0) is 0 Å². The van der Waals surface area contributed by atoms with Crippen LogP contribution in [0.25, 0.3) is 25.1 Å². The molecule has 4 rings (SSSR count). The Morgan fingerprint density at radius 3 is 1.83 bits per heavy atom. The predicted molar refractivity (Wildman–Crippen MR) is 106 cm³/mol. The molecular weight excluding hydrogens is 312 g/mol. The van der Waals surface area contributed by atoms with Crippen molar-refractivity contribution >= 4 is 30.6 Å². The van der Waals surface area contributed by atoms with Gasteiger partial charge in [0.1, 0.15) is 5.75 Å². The summed E-state index contributed by atoms with van der Waals surface area (Å²) in [6.07, 6.45) is 1.50. The highest BCUT2D eigenvalue weighted by molar-refractivity contribution is 7.50. The molecule has 0 atom stereocenters. The molecular formula is C22H19OS+. The van der Waals surface area contributed by atoms with E-state index in [1.807, 2.05) is 0 Å². The Morgan fingerprint density at radius 2 is 1.33 bits per heavy atom. The second kappa shape index (κ2) is 5.81. The van der Waals surface area contributed by atoms with Crippen molar-refractivity contribution in [2.45, 2.75) is 13.8 Å². The maximum atomic E-state index is 5.59. The summed E-state index contributed by atoms with van der Waals surface area (Å²) in [6, 6.07) is 22.0. The Labute approximate surface area is 144 Å². The third-order valence-corrected chi connectivity index (χ3v) is 6.67. The van der Waals surface area contributed by atoms with Crippen LogP contribution >= 0.6 is 10.5 Å². The molecule has 118 valence electrons. The first kappa shape index (κ1) is 15.0. The fourth-order valence-corrected chi connectivity index (χ4v) is 5.96. The molecule has 1 nitrogen and oxygen atoms in total. The van der Waals surface area contributed by atoms with Crippen molar-refractivity contribution in [3.8, 4) is 10.6 Å². The van der Waals surface area contributed by atoms with Gasteiger partial charge in [0.15, 0.2) is 14.3 Å². The van der Waals surface area contributed by atoms with Crippen LogP contribution in [0.15, 0.2) is 73.5 Å². The summed E-state index contributed by atoms with van der Waals surface area (Å²) in [5.41, 5.74) is 2.30. The number of aryl methyl sites for hydroxylation is 2. The number of hydrogen-bond donors (Lipinski definition) is 0. The van der Waals surface area contributed by atoms with E-state index >= 15 is 0 Å². The van der Waals surface area contributed by atoms with Crippen molar-refractivity contribution in [2.24, 2.45) is 0 Å². The first-order valence-corrected chi connectivity index (χ1v) is 9.24. The lowest BCUT2D eigenvalue weighted by Gasteiger charge is -2.08. The number of hydrogen-bond acceptors (Lipinski definition) is 1. The van der Waals surface area contributed by atoms with Crippen LogP contribution in [0.5, 0.6) is 5.75 Å². The molecule has 0 fully saturated rings. The van der Waals surface area contributed by atoms with E-state index in [0.717, 1.165) is 16.9 Å². The average molecular weight is 331 g/mol. The van der Waals surface area contributed by atoms with E-state index in [9.17, 15) is 0 Å². The van der Waals surface area contributed by atoms with Gasteiger partial charge in [0.2, 0.25) is 0 Å². The van der Waals surface area contributed by atoms with E-state index in [4.69, 9.17) is 4.74 Å².